The number of amides is 1. The van der Waals surface area contributed by atoms with Crippen LogP contribution in [0, 0.1) is 6.92 Å². The highest BCUT2D eigenvalue weighted by molar-refractivity contribution is 7.22. The van der Waals surface area contributed by atoms with Gasteiger partial charge in [0, 0.05) is 12.0 Å². The normalized spacial score (nSPS) is 20.5. The van der Waals surface area contributed by atoms with E-state index in [1.54, 1.807) is 36.4 Å². The summed E-state index contributed by atoms with van der Waals surface area (Å²) in [5.74, 6) is -1.09. The van der Waals surface area contributed by atoms with Crippen molar-refractivity contribution in [3.05, 3.63) is 92.5 Å². The van der Waals surface area contributed by atoms with Crippen LogP contribution in [0.2, 0.25) is 10.0 Å². The Labute approximate surface area is 226 Å². The van der Waals surface area contributed by atoms with Crippen LogP contribution in [0.5, 0.6) is 5.75 Å². The van der Waals surface area contributed by atoms with Crippen LogP contribution in [0.1, 0.15) is 35.2 Å². The Morgan fingerprint density at radius 2 is 1.89 bits per heavy atom. The van der Waals surface area contributed by atoms with Crippen molar-refractivity contribution >= 4 is 67.3 Å². The smallest absolute Gasteiger partial charge is 0.301 e. The number of hydrogen-bond donors (Lipinski definition) is 1. The van der Waals surface area contributed by atoms with E-state index < -0.39 is 17.7 Å². The molecule has 3 aromatic carbocycles. The zero-order valence-electron chi connectivity index (χ0n) is 19.8. The molecule has 2 aliphatic heterocycles. The van der Waals surface area contributed by atoms with E-state index in [2.05, 4.69) is 4.98 Å². The van der Waals surface area contributed by atoms with Crippen LogP contribution in [0.4, 0.5) is 5.13 Å². The minimum absolute atomic E-state index is 0.0249. The number of aliphatic hydroxyl groups excluding tert-OH is 1. The molecule has 0 radical (unpaired) electrons. The maximum absolute atomic E-state index is 13.5. The molecule has 2 aliphatic rings. The molecule has 0 unspecified atom stereocenters. The summed E-state index contributed by atoms with van der Waals surface area (Å²) in [6.45, 7) is 3.94. The molecule has 1 fully saturated rings. The number of aliphatic hydroxyl groups is 1. The van der Waals surface area contributed by atoms with Crippen LogP contribution in [0.15, 0.2) is 60.2 Å². The molecule has 6 rings (SSSR count). The van der Waals surface area contributed by atoms with Gasteiger partial charge in [0.05, 0.1) is 31.9 Å². The van der Waals surface area contributed by atoms with Gasteiger partial charge in [-0.25, -0.2) is 4.98 Å². The summed E-state index contributed by atoms with van der Waals surface area (Å²) in [6, 6.07) is 15.0. The fraction of sp³-hybridized carbons (Fsp3) is 0.179. The van der Waals surface area contributed by atoms with Crippen molar-refractivity contribution in [1.29, 1.82) is 0 Å². The first-order chi connectivity index (χ1) is 17.7. The van der Waals surface area contributed by atoms with Gasteiger partial charge in [0.2, 0.25) is 0 Å². The third-order valence-electron chi connectivity index (χ3n) is 6.61. The predicted molar refractivity (Wildman–Crippen MR) is 146 cm³/mol. The van der Waals surface area contributed by atoms with E-state index in [9.17, 15) is 14.7 Å². The number of benzene rings is 3. The minimum Gasteiger partial charge on any atom is -0.507 e. The Morgan fingerprint density at radius 1 is 1.08 bits per heavy atom. The number of rotatable bonds is 3. The lowest BCUT2D eigenvalue weighted by atomic mass is 9.94. The molecule has 9 heteroatoms. The van der Waals surface area contributed by atoms with E-state index in [1.165, 1.54) is 16.2 Å². The highest BCUT2D eigenvalue weighted by Crippen LogP contribution is 2.45. The fourth-order valence-electron chi connectivity index (χ4n) is 4.88. The average Bonchev–Trinajstić information content (AvgIpc) is 3.52. The first kappa shape index (κ1) is 24.0. The summed E-state index contributed by atoms with van der Waals surface area (Å²) in [4.78, 5) is 32.9. The maximum atomic E-state index is 13.5. The fourth-order valence-corrected chi connectivity index (χ4v) is 6.27. The molecule has 2 atom stereocenters. The number of Topliss-reactive ketones (excluding diaryl/α,β-unsaturated/α-hetero) is 1. The lowest BCUT2D eigenvalue weighted by Gasteiger charge is -2.23. The van der Waals surface area contributed by atoms with Crippen LogP contribution in [-0.2, 0) is 16.0 Å². The zero-order chi connectivity index (χ0) is 26.0. The largest absolute Gasteiger partial charge is 0.507 e. The Morgan fingerprint density at radius 3 is 2.68 bits per heavy atom. The van der Waals surface area contributed by atoms with E-state index in [0.717, 1.165) is 21.6 Å². The summed E-state index contributed by atoms with van der Waals surface area (Å²) in [5, 5.41) is 12.4. The number of halogens is 2. The number of aromatic nitrogens is 1. The number of carbonyl (C=O) groups is 2. The van der Waals surface area contributed by atoms with Gasteiger partial charge in [-0.05, 0) is 73.0 Å². The van der Waals surface area contributed by atoms with Crippen molar-refractivity contribution in [3.63, 3.8) is 0 Å². The van der Waals surface area contributed by atoms with Crippen molar-refractivity contribution < 1.29 is 19.4 Å². The van der Waals surface area contributed by atoms with Gasteiger partial charge < -0.3 is 9.84 Å². The Bertz CT molecular complexity index is 1660. The summed E-state index contributed by atoms with van der Waals surface area (Å²) in [7, 11) is 0. The van der Waals surface area contributed by atoms with Gasteiger partial charge in [-0.15, -0.1) is 0 Å². The molecule has 0 saturated carbocycles. The quantitative estimate of drug-likeness (QED) is 0.171. The number of aryl methyl sites for hydroxylation is 1. The topological polar surface area (TPSA) is 79.7 Å². The summed E-state index contributed by atoms with van der Waals surface area (Å²) in [5.41, 5.74) is 3.63. The highest BCUT2D eigenvalue weighted by atomic mass is 35.5. The number of carbonyl (C=O) groups excluding carboxylic acids is 2. The number of thiazole rings is 1. The Hall–Kier alpha value is -3.39. The van der Waals surface area contributed by atoms with Gasteiger partial charge in [-0.1, -0.05) is 46.7 Å². The molecule has 6 nitrogen and oxygen atoms in total. The van der Waals surface area contributed by atoms with Gasteiger partial charge in [0.15, 0.2) is 5.13 Å². The van der Waals surface area contributed by atoms with Gasteiger partial charge in [-0.3, -0.25) is 14.5 Å². The molecule has 37 heavy (non-hydrogen) atoms. The van der Waals surface area contributed by atoms with Crippen LogP contribution in [0.25, 0.3) is 16.0 Å². The second-order valence-corrected chi connectivity index (χ2v) is 11.1. The second kappa shape index (κ2) is 8.87. The summed E-state index contributed by atoms with van der Waals surface area (Å²) >= 11 is 13.8. The van der Waals surface area contributed by atoms with Crippen LogP contribution >= 0.6 is 34.5 Å². The number of ether oxygens (including phenoxy) is 1. The lowest BCUT2D eigenvalue weighted by molar-refractivity contribution is -0.132. The molecule has 0 spiro atoms. The Balaban J connectivity index is 1.55. The lowest BCUT2D eigenvalue weighted by Crippen LogP contribution is -2.29. The third kappa shape index (κ3) is 3.98. The standard InChI is InChI=1S/C28H20Cl2N2O4S/c1-13-3-7-20-22(9-13)37-28(31-20)32-24(15-4-6-18(29)19(30)12-15)23(26(34)27(32)35)25(33)16-5-8-21-17(11-16)10-14(2)36-21/h3-9,11-12,14,24,33H,10H2,1-2H3/t14-,24-/m1/s1. The van der Waals surface area contributed by atoms with Crippen molar-refractivity contribution in [1.82, 2.24) is 4.98 Å². The Kier molecular flexibility index (Phi) is 5.75. The SMILES string of the molecule is Cc1ccc2nc(N3C(=O)C(=O)C(=C(O)c4ccc5c(c4)C[C@@H](C)O5)[C@H]3c3ccc(Cl)c(Cl)c3)sc2c1. The van der Waals surface area contributed by atoms with E-state index in [4.69, 9.17) is 27.9 Å². The van der Waals surface area contributed by atoms with Crippen LogP contribution in [0.3, 0.4) is 0 Å². The third-order valence-corrected chi connectivity index (χ3v) is 8.37. The molecule has 0 aliphatic carbocycles. The second-order valence-electron chi connectivity index (χ2n) is 9.27. The summed E-state index contributed by atoms with van der Waals surface area (Å²) < 4.78 is 6.66. The number of nitrogens with zero attached hydrogens (tertiary/aromatic N) is 2. The molecule has 4 aromatic rings. The molecule has 1 saturated heterocycles. The highest BCUT2D eigenvalue weighted by Gasteiger charge is 2.48. The van der Waals surface area contributed by atoms with Crippen molar-refractivity contribution in [3.8, 4) is 5.75 Å². The maximum Gasteiger partial charge on any atom is 0.301 e. The zero-order valence-corrected chi connectivity index (χ0v) is 22.1. The molecule has 1 N–H and O–H groups in total. The van der Waals surface area contributed by atoms with Gasteiger partial charge >= 0.3 is 5.91 Å². The number of fused-ring (bicyclic) bond motifs is 2. The first-order valence-electron chi connectivity index (χ1n) is 11.6. The van der Waals surface area contributed by atoms with Gasteiger partial charge in [0.1, 0.15) is 17.6 Å². The van der Waals surface area contributed by atoms with Crippen molar-refractivity contribution in [2.45, 2.75) is 32.4 Å². The number of anilines is 1. The van der Waals surface area contributed by atoms with Crippen LogP contribution in [-0.4, -0.2) is 27.9 Å². The summed E-state index contributed by atoms with van der Waals surface area (Å²) in [6.07, 6.45) is 0.712. The van der Waals surface area contributed by atoms with Crippen LogP contribution < -0.4 is 9.64 Å². The minimum atomic E-state index is -0.945. The van der Waals surface area contributed by atoms with E-state index >= 15 is 0 Å². The number of hydrogen-bond acceptors (Lipinski definition) is 6. The average molecular weight is 551 g/mol. The van der Waals surface area contributed by atoms with E-state index in [0.29, 0.717) is 33.2 Å². The predicted octanol–water partition coefficient (Wildman–Crippen LogP) is 6.86. The van der Waals surface area contributed by atoms with Gasteiger partial charge in [0.25, 0.3) is 5.78 Å². The number of ketones is 1. The molecular formula is C28H20Cl2N2O4S. The molecule has 1 aromatic heterocycles. The molecule has 0 bridgehead atoms. The van der Waals surface area contributed by atoms with E-state index in [1.807, 2.05) is 32.0 Å². The molecule has 186 valence electrons. The first-order valence-corrected chi connectivity index (χ1v) is 13.2. The monoisotopic (exact) mass is 550 g/mol. The molecule has 3 heterocycles. The van der Waals surface area contributed by atoms with Crippen molar-refractivity contribution in [2.75, 3.05) is 4.90 Å². The van der Waals surface area contributed by atoms with Gasteiger partial charge in [-0.2, -0.15) is 0 Å². The molecular weight excluding hydrogens is 531 g/mol. The molecule has 1 amide bonds. The van der Waals surface area contributed by atoms with E-state index in [-0.39, 0.29) is 22.5 Å². The van der Waals surface area contributed by atoms with Crippen molar-refractivity contribution in [2.24, 2.45) is 0 Å².